The highest BCUT2D eigenvalue weighted by Crippen LogP contribution is 2.29. The van der Waals surface area contributed by atoms with Gasteiger partial charge in [0.25, 0.3) is 0 Å². The van der Waals surface area contributed by atoms with Crippen LogP contribution >= 0.6 is 23.1 Å². The van der Waals surface area contributed by atoms with Crippen molar-refractivity contribution in [3.05, 3.63) is 57.6 Å². The molecule has 0 bridgehead atoms. The third-order valence-electron chi connectivity index (χ3n) is 5.20. The summed E-state index contributed by atoms with van der Waals surface area (Å²) in [7, 11) is 0. The molecule has 0 fully saturated rings. The number of carbonyl (C=O) groups is 1. The number of anilines is 1. The number of aromatic nitrogens is 4. The van der Waals surface area contributed by atoms with Gasteiger partial charge in [-0.05, 0) is 49.9 Å². The lowest BCUT2D eigenvalue weighted by molar-refractivity contribution is -0.113. The van der Waals surface area contributed by atoms with E-state index < -0.39 is 0 Å². The topological polar surface area (TPSA) is 102 Å². The number of amides is 1. The van der Waals surface area contributed by atoms with E-state index in [-0.39, 0.29) is 11.7 Å². The summed E-state index contributed by atoms with van der Waals surface area (Å²) in [4.78, 5) is 14.0. The van der Waals surface area contributed by atoms with Gasteiger partial charge in [0.2, 0.25) is 5.91 Å². The van der Waals surface area contributed by atoms with E-state index >= 15 is 0 Å². The predicted molar refractivity (Wildman–Crippen MR) is 125 cm³/mol. The number of furan rings is 1. The number of hydrogen-bond acceptors (Lipinski definition) is 7. The second-order valence-electron chi connectivity index (χ2n) is 7.08. The molecule has 4 rings (SSSR count). The zero-order chi connectivity index (χ0) is 22.7. The molecule has 4 heterocycles. The molecule has 0 radical (unpaired) electrons. The van der Waals surface area contributed by atoms with E-state index in [1.165, 1.54) is 11.8 Å². The van der Waals surface area contributed by atoms with Crippen LogP contribution < -0.4 is 5.32 Å². The van der Waals surface area contributed by atoms with Crippen molar-refractivity contribution in [3.63, 3.8) is 0 Å². The van der Waals surface area contributed by atoms with Crippen LogP contribution in [0.4, 0.5) is 5.82 Å². The molecule has 0 atom stereocenters. The van der Waals surface area contributed by atoms with E-state index in [2.05, 4.69) is 21.6 Å². The number of hydrogen-bond donors (Lipinski definition) is 1. The fourth-order valence-corrected chi connectivity index (χ4v) is 4.95. The molecule has 0 aliphatic carbocycles. The molecule has 0 aromatic carbocycles. The van der Waals surface area contributed by atoms with Gasteiger partial charge in [0.15, 0.2) is 16.7 Å². The van der Waals surface area contributed by atoms with Crippen molar-refractivity contribution < 1.29 is 9.21 Å². The first-order valence-corrected chi connectivity index (χ1v) is 11.9. The van der Waals surface area contributed by atoms with Gasteiger partial charge < -0.3 is 14.3 Å². The van der Waals surface area contributed by atoms with Gasteiger partial charge in [-0.2, -0.15) is 5.26 Å². The first-order valence-electron chi connectivity index (χ1n) is 10.0. The van der Waals surface area contributed by atoms with Crippen LogP contribution in [0, 0.1) is 25.2 Å². The quantitative estimate of drug-likeness (QED) is 0.378. The molecule has 0 unspecified atom stereocenters. The van der Waals surface area contributed by atoms with Gasteiger partial charge in [-0.3, -0.25) is 9.36 Å². The lowest BCUT2D eigenvalue weighted by Crippen LogP contribution is -2.18. The standard InChI is InChI=1S/C22H22N6O2S2/c1-4-27-21(18-8-5-9-30-18)25-26-22(27)32-13-19(29)24-20-17(11-23)14(2)15(3)28(20)12-16-7-6-10-31-16/h5-10H,4,12-13H2,1-3H3,(H,24,29). The monoisotopic (exact) mass is 466 g/mol. The third-order valence-corrected chi connectivity index (χ3v) is 7.03. The fourth-order valence-electron chi connectivity index (χ4n) is 3.45. The van der Waals surface area contributed by atoms with E-state index in [0.717, 1.165) is 16.1 Å². The minimum atomic E-state index is -0.207. The molecule has 1 N–H and O–H groups in total. The van der Waals surface area contributed by atoms with Crippen molar-refractivity contribution in [3.8, 4) is 17.7 Å². The molecule has 164 valence electrons. The van der Waals surface area contributed by atoms with Crippen molar-refractivity contribution in [1.82, 2.24) is 19.3 Å². The number of thiophene rings is 1. The first kappa shape index (κ1) is 21.9. The lowest BCUT2D eigenvalue weighted by atomic mass is 10.2. The third kappa shape index (κ3) is 4.22. The molecule has 32 heavy (non-hydrogen) atoms. The molecule has 0 saturated carbocycles. The average molecular weight is 467 g/mol. The molecular weight excluding hydrogens is 444 g/mol. The Kier molecular flexibility index (Phi) is 6.48. The van der Waals surface area contributed by atoms with Crippen LogP contribution in [0.1, 0.15) is 28.6 Å². The van der Waals surface area contributed by atoms with Crippen molar-refractivity contribution >= 4 is 34.8 Å². The molecule has 0 aliphatic heterocycles. The summed E-state index contributed by atoms with van der Waals surface area (Å²) in [5, 5.41) is 23.7. The van der Waals surface area contributed by atoms with Crippen LogP contribution in [0.25, 0.3) is 11.6 Å². The van der Waals surface area contributed by atoms with Gasteiger partial charge in [-0.1, -0.05) is 17.8 Å². The van der Waals surface area contributed by atoms with Crippen LogP contribution in [0.15, 0.2) is 45.5 Å². The summed E-state index contributed by atoms with van der Waals surface area (Å²) in [6.45, 7) is 7.11. The Hall–Kier alpha value is -3.29. The van der Waals surface area contributed by atoms with E-state index in [0.29, 0.717) is 41.2 Å². The maximum Gasteiger partial charge on any atom is 0.235 e. The summed E-state index contributed by atoms with van der Waals surface area (Å²) in [6.07, 6.45) is 1.59. The molecule has 4 aromatic rings. The minimum absolute atomic E-state index is 0.142. The smallest absolute Gasteiger partial charge is 0.235 e. The predicted octanol–water partition coefficient (Wildman–Crippen LogP) is 4.69. The second-order valence-corrected chi connectivity index (χ2v) is 9.05. The minimum Gasteiger partial charge on any atom is -0.461 e. The summed E-state index contributed by atoms with van der Waals surface area (Å²) in [6, 6.07) is 9.91. The Balaban J connectivity index is 1.52. The molecule has 10 heteroatoms. The lowest BCUT2D eigenvalue weighted by Gasteiger charge is -2.12. The Morgan fingerprint density at radius 2 is 2.12 bits per heavy atom. The second kappa shape index (κ2) is 9.46. The van der Waals surface area contributed by atoms with E-state index in [9.17, 15) is 10.1 Å². The molecular formula is C22H22N6O2S2. The molecule has 4 aromatic heterocycles. The normalized spacial score (nSPS) is 10.9. The number of rotatable bonds is 8. The highest BCUT2D eigenvalue weighted by molar-refractivity contribution is 7.99. The highest BCUT2D eigenvalue weighted by atomic mass is 32.2. The Bertz CT molecular complexity index is 1260. The largest absolute Gasteiger partial charge is 0.461 e. The van der Waals surface area contributed by atoms with Gasteiger partial charge in [0, 0.05) is 17.1 Å². The summed E-state index contributed by atoms with van der Waals surface area (Å²) < 4.78 is 9.33. The van der Waals surface area contributed by atoms with E-state index in [1.54, 1.807) is 23.7 Å². The zero-order valence-corrected chi connectivity index (χ0v) is 19.6. The summed E-state index contributed by atoms with van der Waals surface area (Å²) >= 11 is 2.94. The van der Waals surface area contributed by atoms with Gasteiger partial charge in [-0.25, -0.2) is 0 Å². The highest BCUT2D eigenvalue weighted by Gasteiger charge is 2.21. The number of nitriles is 1. The van der Waals surface area contributed by atoms with Gasteiger partial charge in [0.1, 0.15) is 11.9 Å². The van der Waals surface area contributed by atoms with Crippen molar-refractivity contribution in [1.29, 1.82) is 5.26 Å². The Morgan fingerprint density at radius 1 is 1.28 bits per heavy atom. The van der Waals surface area contributed by atoms with Crippen molar-refractivity contribution in [2.45, 2.75) is 39.0 Å². The molecule has 0 saturated heterocycles. The van der Waals surface area contributed by atoms with Gasteiger partial charge >= 0.3 is 0 Å². The molecule has 8 nitrogen and oxygen atoms in total. The summed E-state index contributed by atoms with van der Waals surface area (Å²) in [5.74, 6) is 1.73. The number of carbonyl (C=O) groups excluding carboxylic acids is 1. The van der Waals surface area contributed by atoms with Crippen molar-refractivity contribution in [2.75, 3.05) is 11.1 Å². The van der Waals surface area contributed by atoms with Gasteiger partial charge in [0.05, 0.1) is 24.1 Å². The van der Waals surface area contributed by atoms with E-state index in [1.807, 2.05) is 53.5 Å². The Labute approximate surface area is 193 Å². The molecule has 1 amide bonds. The zero-order valence-electron chi connectivity index (χ0n) is 18.0. The maximum absolute atomic E-state index is 12.8. The van der Waals surface area contributed by atoms with Gasteiger partial charge in [-0.15, -0.1) is 21.5 Å². The van der Waals surface area contributed by atoms with Crippen LogP contribution in [0.3, 0.4) is 0 Å². The van der Waals surface area contributed by atoms with Crippen LogP contribution in [-0.2, 0) is 17.9 Å². The first-order chi connectivity index (χ1) is 15.5. The van der Waals surface area contributed by atoms with Crippen molar-refractivity contribution in [2.24, 2.45) is 0 Å². The average Bonchev–Trinajstić information content (AvgIpc) is 3.58. The molecule has 0 aliphatic rings. The molecule has 0 spiro atoms. The number of nitrogens with one attached hydrogen (secondary N) is 1. The fraction of sp³-hybridized carbons (Fsp3) is 0.273. The van der Waals surface area contributed by atoms with Crippen LogP contribution in [-0.4, -0.2) is 31.0 Å². The summed E-state index contributed by atoms with van der Waals surface area (Å²) in [5.41, 5.74) is 2.33. The number of nitrogens with zero attached hydrogens (tertiary/aromatic N) is 5. The maximum atomic E-state index is 12.8. The number of thioether (sulfide) groups is 1. The van der Waals surface area contributed by atoms with E-state index in [4.69, 9.17) is 4.42 Å². The van der Waals surface area contributed by atoms with Crippen LogP contribution in [0.5, 0.6) is 0 Å². The SMILES string of the molecule is CCn1c(SCC(=O)Nc2c(C#N)c(C)c(C)n2Cc2cccs2)nnc1-c1ccco1. The van der Waals surface area contributed by atoms with Crippen LogP contribution in [0.2, 0.25) is 0 Å². The Morgan fingerprint density at radius 3 is 2.78 bits per heavy atom.